The minimum absolute atomic E-state index is 0.0338. The van der Waals surface area contributed by atoms with Crippen molar-refractivity contribution in [3.05, 3.63) is 35.4 Å². The van der Waals surface area contributed by atoms with Gasteiger partial charge in [0.15, 0.2) is 0 Å². The number of carbonyl (C=O) groups excluding carboxylic acids is 1. The molecule has 1 aliphatic heterocycles. The van der Waals surface area contributed by atoms with E-state index < -0.39 is 5.60 Å². The number of rotatable bonds is 5. The molecule has 3 N–H and O–H groups in total. The molecule has 0 aliphatic carbocycles. The topological polar surface area (TPSA) is 61.4 Å². The van der Waals surface area contributed by atoms with Crippen molar-refractivity contribution in [1.82, 2.24) is 10.6 Å². The molecule has 0 spiro atoms. The number of hydrogen-bond donors (Lipinski definition) is 3. The molecule has 21 heavy (non-hydrogen) atoms. The minimum Gasteiger partial charge on any atom is -0.388 e. The minimum atomic E-state index is -0.851. The first kappa shape index (κ1) is 16.0. The van der Waals surface area contributed by atoms with Crippen molar-refractivity contribution >= 4 is 5.91 Å². The Morgan fingerprint density at radius 3 is 2.76 bits per heavy atom. The van der Waals surface area contributed by atoms with Gasteiger partial charge in [0.05, 0.1) is 11.6 Å². The summed E-state index contributed by atoms with van der Waals surface area (Å²) < 4.78 is 0. The lowest BCUT2D eigenvalue weighted by molar-refractivity contribution is -0.124. The van der Waals surface area contributed by atoms with Gasteiger partial charge in [0.25, 0.3) is 0 Å². The number of fused-ring (bicyclic) bond motifs is 1. The highest BCUT2D eigenvalue weighted by molar-refractivity contribution is 5.82. The second-order valence-corrected chi connectivity index (χ2v) is 6.72. The molecule has 1 heterocycles. The molecule has 1 aromatic rings. The molecule has 2 rings (SSSR count). The standard InChI is InChI=1S/C17H26N2O2/c1-12(2)9-17(3,21)11-19-16(20)15-8-13-6-4-5-7-14(13)10-18-15/h4-7,12,15,18,21H,8-11H2,1-3H3,(H,19,20). The third-order valence-corrected chi connectivity index (χ3v) is 3.89. The number of benzene rings is 1. The first-order valence-electron chi connectivity index (χ1n) is 7.67. The number of amides is 1. The van der Waals surface area contributed by atoms with Crippen LogP contribution in [0.4, 0.5) is 0 Å². The van der Waals surface area contributed by atoms with Crippen molar-refractivity contribution in [2.75, 3.05) is 6.54 Å². The summed E-state index contributed by atoms with van der Waals surface area (Å²) in [5.41, 5.74) is 1.63. The van der Waals surface area contributed by atoms with Crippen LogP contribution < -0.4 is 10.6 Å². The van der Waals surface area contributed by atoms with E-state index in [1.54, 1.807) is 6.92 Å². The Labute approximate surface area is 126 Å². The molecule has 0 aromatic heterocycles. The van der Waals surface area contributed by atoms with Crippen molar-refractivity contribution in [3.8, 4) is 0 Å². The van der Waals surface area contributed by atoms with Gasteiger partial charge in [-0.1, -0.05) is 38.1 Å². The van der Waals surface area contributed by atoms with Crippen molar-refractivity contribution in [3.63, 3.8) is 0 Å². The van der Waals surface area contributed by atoms with Gasteiger partial charge in [-0.15, -0.1) is 0 Å². The molecule has 0 saturated heterocycles. The van der Waals surface area contributed by atoms with Crippen molar-refractivity contribution in [1.29, 1.82) is 0 Å². The Hall–Kier alpha value is -1.39. The van der Waals surface area contributed by atoms with E-state index in [1.165, 1.54) is 11.1 Å². The molecule has 1 amide bonds. The first-order chi connectivity index (χ1) is 9.87. The van der Waals surface area contributed by atoms with E-state index in [0.717, 1.165) is 6.54 Å². The summed E-state index contributed by atoms with van der Waals surface area (Å²) in [6.07, 6.45) is 1.38. The molecule has 2 atom stereocenters. The molecule has 4 heteroatoms. The maximum absolute atomic E-state index is 12.3. The van der Waals surface area contributed by atoms with Crippen molar-refractivity contribution < 1.29 is 9.90 Å². The first-order valence-corrected chi connectivity index (χ1v) is 7.67. The average Bonchev–Trinajstić information content (AvgIpc) is 2.43. The van der Waals surface area contributed by atoms with Gasteiger partial charge < -0.3 is 15.7 Å². The zero-order valence-electron chi connectivity index (χ0n) is 13.1. The molecule has 0 radical (unpaired) electrons. The average molecular weight is 290 g/mol. The molecular weight excluding hydrogens is 264 g/mol. The van der Waals surface area contributed by atoms with E-state index in [4.69, 9.17) is 0 Å². The number of nitrogens with one attached hydrogen (secondary N) is 2. The molecule has 4 nitrogen and oxygen atoms in total. The second-order valence-electron chi connectivity index (χ2n) is 6.72. The maximum atomic E-state index is 12.3. The Bertz CT molecular complexity index is 497. The fourth-order valence-corrected chi connectivity index (χ4v) is 2.99. The summed E-state index contributed by atoms with van der Waals surface area (Å²) in [4.78, 5) is 12.3. The van der Waals surface area contributed by atoms with E-state index in [9.17, 15) is 9.90 Å². The van der Waals surface area contributed by atoms with Gasteiger partial charge in [0.1, 0.15) is 0 Å². The van der Waals surface area contributed by atoms with Crippen LogP contribution in [0.25, 0.3) is 0 Å². The predicted octanol–water partition coefficient (Wildman–Crippen LogP) is 1.61. The summed E-state index contributed by atoms with van der Waals surface area (Å²) in [6, 6.07) is 7.97. The molecule has 1 aromatic carbocycles. The zero-order valence-corrected chi connectivity index (χ0v) is 13.1. The third-order valence-electron chi connectivity index (χ3n) is 3.89. The Balaban J connectivity index is 1.88. The van der Waals surface area contributed by atoms with Gasteiger partial charge in [0.2, 0.25) is 5.91 Å². The molecule has 0 fully saturated rings. The van der Waals surface area contributed by atoms with Gasteiger partial charge in [0, 0.05) is 13.1 Å². The fraction of sp³-hybridized carbons (Fsp3) is 0.588. The van der Waals surface area contributed by atoms with Crippen LogP contribution in [0.15, 0.2) is 24.3 Å². The summed E-state index contributed by atoms with van der Waals surface area (Å²) in [5.74, 6) is 0.366. The highest BCUT2D eigenvalue weighted by atomic mass is 16.3. The molecule has 116 valence electrons. The van der Waals surface area contributed by atoms with Gasteiger partial charge >= 0.3 is 0 Å². The Morgan fingerprint density at radius 2 is 2.10 bits per heavy atom. The van der Waals surface area contributed by atoms with Crippen LogP contribution in [-0.2, 0) is 17.8 Å². The largest absolute Gasteiger partial charge is 0.388 e. The van der Waals surface area contributed by atoms with Crippen LogP contribution >= 0.6 is 0 Å². The highest BCUT2D eigenvalue weighted by Crippen LogP contribution is 2.17. The summed E-state index contributed by atoms with van der Waals surface area (Å²) in [7, 11) is 0. The predicted molar refractivity (Wildman–Crippen MR) is 83.9 cm³/mol. The van der Waals surface area contributed by atoms with Gasteiger partial charge in [-0.05, 0) is 36.8 Å². The van der Waals surface area contributed by atoms with Crippen molar-refractivity contribution in [2.45, 2.75) is 51.8 Å². The number of hydrogen-bond acceptors (Lipinski definition) is 3. The molecular formula is C17H26N2O2. The lowest BCUT2D eigenvalue weighted by atomic mass is 9.93. The van der Waals surface area contributed by atoms with Crippen LogP contribution in [0.2, 0.25) is 0 Å². The SMILES string of the molecule is CC(C)CC(C)(O)CNC(=O)C1Cc2ccccc2CN1. The van der Waals surface area contributed by atoms with E-state index in [2.05, 4.69) is 36.6 Å². The summed E-state index contributed by atoms with van der Waals surface area (Å²) >= 11 is 0. The molecule has 1 aliphatic rings. The smallest absolute Gasteiger partial charge is 0.237 e. The molecule has 0 saturated carbocycles. The lowest BCUT2D eigenvalue weighted by Gasteiger charge is -2.29. The van der Waals surface area contributed by atoms with Gasteiger partial charge in [-0.25, -0.2) is 0 Å². The quantitative estimate of drug-likeness (QED) is 0.772. The molecule has 0 bridgehead atoms. The normalized spacial score (nSPS) is 20.7. The van der Waals surface area contributed by atoms with Crippen molar-refractivity contribution in [2.24, 2.45) is 5.92 Å². The number of carbonyl (C=O) groups is 1. The summed E-state index contributed by atoms with van der Waals surface area (Å²) in [6.45, 7) is 6.92. The Kier molecular flexibility index (Phi) is 5.01. The second kappa shape index (κ2) is 6.58. The molecule has 2 unspecified atom stereocenters. The zero-order chi connectivity index (χ0) is 15.5. The lowest BCUT2D eigenvalue weighted by Crippen LogP contribution is -2.51. The fourth-order valence-electron chi connectivity index (χ4n) is 2.99. The highest BCUT2D eigenvalue weighted by Gasteiger charge is 2.27. The number of aliphatic hydroxyl groups is 1. The van der Waals surface area contributed by atoms with E-state index in [-0.39, 0.29) is 11.9 Å². The van der Waals surface area contributed by atoms with Gasteiger partial charge in [-0.2, -0.15) is 0 Å². The van der Waals surface area contributed by atoms with Gasteiger partial charge in [-0.3, -0.25) is 4.79 Å². The third kappa shape index (κ3) is 4.55. The monoisotopic (exact) mass is 290 g/mol. The van der Waals surface area contributed by atoms with E-state index in [1.807, 2.05) is 12.1 Å². The van der Waals surface area contributed by atoms with E-state index in [0.29, 0.717) is 25.3 Å². The Morgan fingerprint density at radius 1 is 1.43 bits per heavy atom. The maximum Gasteiger partial charge on any atom is 0.237 e. The van der Waals surface area contributed by atoms with Crippen LogP contribution in [0.5, 0.6) is 0 Å². The van der Waals surface area contributed by atoms with E-state index >= 15 is 0 Å². The van der Waals surface area contributed by atoms with Crippen LogP contribution in [0.1, 0.15) is 38.3 Å². The summed E-state index contributed by atoms with van der Waals surface area (Å²) in [5, 5.41) is 16.4. The van der Waals surface area contributed by atoms with Crippen LogP contribution in [-0.4, -0.2) is 29.2 Å². The van der Waals surface area contributed by atoms with Crippen LogP contribution in [0.3, 0.4) is 0 Å². The van der Waals surface area contributed by atoms with Crippen LogP contribution in [0, 0.1) is 5.92 Å².